The van der Waals surface area contributed by atoms with E-state index in [0.29, 0.717) is 5.82 Å². The summed E-state index contributed by atoms with van der Waals surface area (Å²) in [6.45, 7) is 5.11. The Balaban J connectivity index is 1.38. The lowest BCUT2D eigenvalue weighted by molar-refractivity contribution is 0.0964. The molecule has 0 atom stereocenters. The predicted molar refractivity (Wildman–Crippen MR) is 111 cm³/mol. The fourth-order valence-corrected chi connectivity index (χ4v) is 3.80. The molecule has 1 aliphatic rings. The SMILES string of the molecule is Cc1cc2c(N)nccc2cc1OC1CCN(Cc2ccc(Cl)cc2)CC1. The molecule has 0 saturated carbocycles. The number of aryl methyl sites for hydroxylation is 1. The van der Waals surface area contributed by atoms with E-state index in [9.17, 15) is 0 Å². The van der Waals surface area contributed by atoms with Gasteiger partial charge in [-0.1, -0.05) is 23.7 Å². The number of pyridine rings is 1. The first-order valence-electron chi connectivity index (χ1n) is 9.37. The second-order valence-corrected chi connectivity index (χ2v) is 7.69. The first kappa shape index (κ1) is 18.1. The summed E-state index contributed by atoms with van der Waals surface area (Å²) in [6.07, 6.45) is 4.06. The van der Waals surface area contributed by atoms with Gasteiger partial charge in [0, 0.05) is 36.2 Å². The van der Waals surface area contributed by atoms with Gasteiger partial charge in [-0.25, -0.2) is 4.98 Å². The van der Waals surface area contributed by atoms with Gasteiger partial charge >= 0.3 is 0 Å². The first-order valence-corrected chi connectivity index (χ1v) is 9.74. The van der Waals surface area contributed by atoms with Gasteiger partial charge in [-0.3, -0.25) is 4.90 Å². The zero-order chi connectivity index (χ0) is 18.8. The molecule has 1 aromatic heterocycles. The van der Waals surface area contributed by atoms with E-state index in [2.05, 4.69) is 41.1 Å². The zero-order valence-electron chi connectivity index (χ0n) is 15.5. The summed E-state index contributed by atoms with van der Waals surface area (Å²) in [7, 11) is 0. The van der Waals surface area contributed by atoms with Gasteiger partial charge < -0.3 is 10.5 Å². The van der Waals surface area contributed by atoms with Crippen LogP contribution in [0, 0.1) is 6.92 Å². The second-order valence-electron chi connectivity index (χ2n) is 7.25. The summed E-state index contributed by atoms with van der Waals surface area (Å²) in [5.41, 5.74) is 8.39. The van der Waals surface area contributed by atoms with Crippen LogP contribution in [-0.2, 0) is 6.54 Å². The van der Waals surface area contributed by atoms with E-state index in [0.717, 1.165) is 59.6 Å². The summed E-state index contributed by atoms with van der Waals surface area (Å²) >= 11 is 5.97. The number of hydrogen-bond acceptors (Lipinski definition) is 4. The minimum absolute atomic E-state index is 0.252. The molecular formula is C22H24ClN3O. The van der Waals surface area contributed by atoms with Crippen LogP contribution in [0.1, 0.15) is 24.0 Å². The molecule has 3 aromatic rings. The lowest BCUT2D eigenvalue weighted by Gasteiger charge is -2.32. The molecule has 2 aromatic carbocycles. The molecule has 0 bridgehead atoms. The number of nitrogens with two attached hydrogens (primary N) is 1. The summed E-state index contributed by atoms with van der Waals surface area (Å²) in [5.74, 6) is 1.52. The molecule has 2 heterocycles. The molecule has 1 aliphatic heterocycles. The summed E-state index contributed by atoms with van der Waals surface area (Å²) in [5, 5.41) is 2.84. The van der Waals surface area contributed by atoms with E-state index in [1.807, 2.05) is 18.2 Å². The van der Waals surface area contributed by atoms with Gasteiger partial charge in [0.15, 0.2) is 0 Å². The van der Waals surface area contributed by atoms with Gasteiger partial charge in [0.1, 0.15) is 17.7 Å². The number of rotatable bonds is 4. The number of ether oxygens (including phenoxy) is 1. The van der Waals surface area contributed by atoms with Crippen LogP contribution < -0.4 is 10.5 Å². The van der Waals surface area contributed by atoms with Crippen LogP contribution in [-0.4, -0.2) is 29.1 Å². The van der Waals surface area contributed by atoms with Crippen molar-refractivity contribution in [2.45, 2.75) is 32.4 Å². The average molecular weight is 382 g/mol. The number of piperidine rings is 1. The van der Waals surface area contributed by atoms with Gasteiger partial charge in [-0.15, -0.1) is 0 Å². The maximum Gasteiger partial charge on any atom is 0.131 e. The van der Waals surface area contributed by atoms with E-state index >= 15 is 0 Å². The van der Waals surface area contributed by atoms with E-state index in [-0.39, 0.29) is 6.10 Å². The highest BCUT2D eigenvalue weighted by molar-refractivity contribution is 6.30. The molecule has 1 saturated heterocycles. The number of nitrogens with zero attached hydrogens (tertiary/aromatic N) is 2. The molecule has 4 rings (SSSR count). The third-order valence-electron chi connectivity index (χ3n) is 5.24. The van der Waals surface area contributed by atoms with E-state index in [1.54, 1.807) is 6.20 Å². The summed E-state index contributed by atoms with van der Waals surface area (Å²) in [4.78, 5) is 6.64. The quantitative estimate of drug-likeness (QED) is 0.703. The smallest absolute Gasteiger partial charge is 0.131 e. The number of benzene rings is 2. The van der Waals surface area contributed by atoms with Crippen molar-refractivity contribution in [1.82, 2.24) is 9.88 Å². The van der Waals surface area contributed by atoms with Crippen LogP contribution >= 0.6 is 11.6 Å². The zero-order valence-corrected chi connectivity index (χ0v) is 16.2. The van der Waals surface area contributed by atoms with E-state index in [1.165, 1.54) is 5.56 Å². The number of likely N-dealkylation sites (tertiary alicyclic amines) is 1. The Morgan fingerprint density at radius 2 is 1.89 bits per heavy atom. The van der Waals surface area contributed by atoms with Gasteiger partial charge in [-0.2, -0.15) is 0 Å². The van der Waals surface area contributed by atoms with Crippen molar-refractivity contribution < 1.29 is 4.74 Å². The number of aromatic nitrogens is 1. The summed E-state index contributed by atoms with van der Waals surface area (Å²) in [6, 6.07) is 14.3. The van der Waals surface area contributed by atoms with Crippen LogP contribution in [0.3, 0.4) is 0 Å². The topological polar surface area (TPSA) is 51.4 Å². The van der Waals surface area contributed by atoms with Gasteiger partial charge in [0.05, 0.1) is 0 Å². The van der Waals surface area contributed by atoms with E-state index < -0.39 is 0 Å². The van der Waals surface area contributed by atoms with Crippen molar-refractivity contribution in [2.24, 2.45) is 0 Å². The van der Waals surface area contributed by atoms with Crippen molar-refractivity contribution >= 4 is 28.2 Å². The normalized spacial score (nSPS) is 15.9. The molecule has 5 heteroatoms. The molecule has 140 valence electrons. The Labute approximate surface area is 164 Å². The standard InChI is InChI=1S/C22H24ClN3O/c1-15-12-20-17(6-9-25-22(20)24)13-21(15)27-19-7-10-26(11-8-19)14-16-2-4-18(23)5-3-16/h2-6,9,12-13,19H,7-8,10-11,14H2,1H3,(H2,24,25). The molecular weight excluding hydrogens is 358 g/mol. The molecule has 2 N–H and O–H groups in total. The van der Waals surface area contributed by atoms with Crippen LogP contribution in [0.25, 0.3) is 10.8 Å². The number of anilines is 1. The molecule has 0 aliphatic carbocycles. The maximum absolute atomic E-state index is 6.34. The fourth-order valence-electron chi connectivity index (χ4n) is 3.67. The average Bonchev–Trinajstić information content (AvgIpc) is 2.67. The Morgan fingerprint density at radius 3 is 2.63 bits per heavy atom. The number of fused-ring (bicyclic) bond motifs is 1. The second kappa shape index (κ2) is 7.75. The molecule has 1 fully saturated rings. The van der Waals surface area contributed by atoms with E-state index in [4.69, 9.17) is 22.1 Å². The highest BCUT2D eigenvalue weighted by atomic mass is 35.5. The predicted octanol–water partition coefficient (Wildman–Crippen LogP) is 4.82. The third-order valence-corrected chi connectivity index (χ3v) is 5.49. The maximum atomic E-state index is 6.34. The lowest BCUT2D eigenvalue weighted by Crippen LogP contribution is -2.37. The first-order chi connectivity index (χ1) is 13.1. The highest BCUT2D eigenvalue weighted by Crippen LogP contribution is 2.30. The van der Waals surface area contributed by atoms with Crippen LogP contribution in [0.4, 0.5) is 5.82 Å². The molecule has 0 radical (unpaired) electrons. The monoisotopic (exact) mass is 381 g/mol. The van der Waals surface area contributed by atoms with Crippen molar-refractivity contribution in [3.05, 3.63) is 64.8 Å². The number of hydrogen-bond donors (Lipinski definition) is 1. The van der Waals surface area contributed by atoms with Crippen molar-refractivity contribution in [3.8, 4) is 5.75 Å². The fraction of sp³-hybridized carbons (Fsp3) is 0.318. The van der Waals surface area contributed by atoms with Gasteiger partial charge in [0.2, 0.25) is 0 Å². The molecule has 0 unspecified atom stereocenters. The Kier molecular flexibility index (Phi) is 5.19. The molecule has 0 spiro atoms. The summed E-state index contributed by atoms with van der Waals surface area (Å²) < 4.78 is 6.34. The van der Waals surface area contributed by atoms with Crippen molar-refractivity contribution in [2.75, 3.05) is 18.8 Å². The van der Waals surface area contributed by atoms with Gasteiger partial charge in [0.25, 0.3) is 0 Å². The van der Waals surface area contributed by atoms with Crippen LogP contribution in [0.2, 0.25) is 5.02 Å². The molecule has 27 heavy (non-hydrogen) atoms. The molecule has 0 amide bonds. The number of halogens is 1. The third kappa shape index (κ3) is 4.18. The van der Waals surface area contributed by atoms with Crippen molar-refractivity contribution in [1.29, 1.82) is 0 Å². The Bertz CT molecular complexity index is 934. The Hall–Kier alpha value is -2.30. The minimum atomic E-state index is 0.252. The van der Waals surface area contributed by atoms with Crippen LogP contribution in [0.15, 0.2) is 48.7 Å². The van der Waals surface area contributed by atoms with Crippen molar-refractivity contribution in [3.63, 3.8) is 0 Å². The Morgan fingerprint density at radius 1 is 1.15 bits per heavy atom. The van der Waals surface area contributed by atoms with Gasteiger partial charge in [-0.05, 0) is 66.6 Å². The number of nitrogen functional groups attached to an aromatic ring is 1. The molecule has 4 nitrogen and oxygen atoms in total. The largest absolute Gasteiger partial charge is 0.490 e. The highest BCUT2D eigenvalue weighted by Gasteiger charge is 2.21. The minimum Gasteiger partial charge on any atom is -0.490 e. The van der Waals surface area contributed by atoms with Crippen LogP contribution in [0.5, 0.6) is 5.75 Å². The lowest BCUT2D eigenvalue weighted by atomic mass is 10.1.